The average Bonchev–Trinajstić information content (AvgIpc) is 2.48. The summed E-state index contributed by atoms with van der Waals surface area (Å²) in [7, 11) is 0. The second-order valence-electron chi connectivity index (χ2n) is 4.25. The fourth-order valence-corrected chi connectivity index (χ4v) is 1.94. The summed E-state index contributed by atoms with van der Waals surface area (Å²) in [5.41, 5.74) is 6.09. The van der Waals surface area contributed by atoms with E-state index in [0.29, 0.717) is 24.6 Å². The third-order valence-corrected chi connectivity index (χ3v) is 3.03. The number of carbonyl (C=O) groups excluding carboxylic acids is 1. The molecule has 0 radical (unpaired) electrons. The van der Waals surface area contributed by atoms with E-state index in [9.17, 15) is 9.90 Å². The van der Waals surface area contributed by atoms with E-state index in [4.69, 9.17) is 22.1 Å². The van der Waals surface area contributed by atoms with E-state index in [-0.39, 0.29) is 16.3 Å². The molecule has 0 saturated carbocycles. The highest BCUT2D eigenvalue weighted by molar-refractivity contribution is 6.34. The molecule has 21 heavy (non-hydrogen) atoms. The molecule has 0 aliphatic carbocycles. The van der Waals surface area contributed by atoms with Crippen LogP contribution in [0.1, 0.15) is 10.4 Å². The number of nitrogens with two attached hydrogens (primary N) is 1. The molecule has 110 valence electrons. The Balaban J connectivity index is 2.21. The summed E-state index contributed by atoms with van der Waals surface area (Å²) in [5.74, 6) is 0.0597. The Morgan fingerprint density at radius 2 is 2.05 bits per heavy atom. The van der Waals surface area contributed by atoms with Gasteiger partial charge >= 0.3 is 0 Å². The number of amides is 1. The molecule has 2 aromatic rings. The summed E-state index contributed by atoms with van der Waals surface area (Å²) in [6.07, 6.45) is 0. The number of phenols is 1. The third-order valence-electron chi connectivity index (χ3n) is 2.71. The molecule has 0 saturated heterocycles. The number of hydrogen-bond acceptors (Lipinski definition) is 4. The van der Waals surface area contributed by atoms with Crippen LogP contribution in [0.2, 0.25) is 5.02 Å². The van der Waals surface area contributed by atoms with Crippen molar-refractivity contribution >= 4 is 23.2 Å². The summed E-state index contributed by atoms with van der Waals surface area (Å²) in [5, 5.41) is 12.4. The Hall–Kier alpha value is -2.24. The molecule has 0 unspecified atom stereocenters. The molecule has 0 spiro atoms. The van der Waals surface area contributed by atoms with Gasteiger partial charge in [0.05, 0.1) is 16.3 Å². The maximum absolute atomic E-state index is 12.2. The van der Waals surface area contributed by atoms with Crippen LogP contribution in [0.25, 0.3) is 0 Å². The first-order valence-electron chi connectivity index (χ1n) is 6.33. The van der Waals surface area contributed by atoms with Gasteiger partial charge in [-0.05, 0) is 30.3 Å². The zero-order valence-electron chi connectivity index (χ0n) is 11.2. The fourth-order valence-electron chi connectivity index (χ4n) is 1.74. The van der Waals surface area contributed by atoms with Crippen LogP contribution in [-0.4, -0.2) is 24.2 Å². The van der Waals surface area contributed by atoms with Crippen molar-refractivity contribution in [3.05, 3.63) is 53.1 Å². The van der Waals surface area contributed by atoms with Gasteiger partial charge < -0.3 is 20.9 Å². The quantitative estimate of drug-likeness (QED) is 0.793. The van der Waals surface area contributed by atoms with Gasteiger partial charge in [0.1, 0.15) is 18.1 Å². The van der Waals surface area contributed by atoms with E-state index in [2.05, 4.69) is 5.32 Å². The third kappa shape index (κ3) is 3.87. The molecule has 0 aromatic heterocycles. The summed E-state index contributed by atoms with van der Waals surface area (Å²) in [6, 6.07) is 11.2. The molecular formula is C15H15ClN2O3. The summed E-state index contributed by atoms with van der Waals surface area (Å²) >= 11 is 5.96. The van der Waals surface area contributed by atoms with Crippen LogP contribution in [-0.2, 0) is 0 Å². The monoisotopic (exact) mass is 306 g/mol. The molecule has 0 aliphatic rings. The zero-order chi connectivity index (χ0) is 15.2. The summed E-state index contributed by atoms with van der Waals surface area (Å²) < 4.78 is 5.45. The molecule has 0 bridgehead atoms. The van der Waals surface area contributed by atoms with Crippen molar-refractivity contribution in [2.45, 2.75) is 0 Å². The van der Waals surface area contributed by atoms with Gasteiger partial charge in [-0.1, -0.05) is 23.7 Å². The first-order valence-corrected chi connectivity index (χ1v) is 6.71. The van der Waals surface area contributed by atoms with E-state index in [1.807, 2.05) is 0 Å². The van der Waals surface area contributed by atoms with Crippen LogP contribution in [0.4, 0.5) is 5.69 Å². The molecule has 5 nitrogen and oxygen atoms in total. The van der Waals surface area contributed by atoms with Crippen molar-refractivity contribution in [2.75, 3.05) is 18.5 Å². The maximum Gasteiger partial charge on any atom is 0.257 e. The largest absolute Gasteiger partial charge is 0.508 e. The summed E-state index contributed by atoms with van der Waals surface area (Å²) in [4.78, 5) is 12.2. The van der Waals surface area contributed by atoms with E-state index < -0.39 is 5.91 Å². The van der Waals surface area contributed by atoms with Crippen molar-refractivity contribution in [3.8, 4) is 11.5 Å². The number of halogens is 1. The number of phenolic OH excluding ortho intramolecular Hbond substituents is 1. The molecular weight excluding hydrogens is 292 g/mol. The Morgan fingerprint density at radius 3 is 2.81 bits per heavy atom. The topological polar surface area (TPSA) is 84.6 Å². The molecule has 1 amide bonds. The number of nitrogens with one attached hydrogen (secondary N) is 1. The van der Waals surface area contributed by atoms with Crippen molar-refractivity contribution in [1.29, 1.82) is 0 Å². The second kappa shape index (κ2) is 6.97. The van der Waals surface area contributed by atoms with Gasteiger partial charge in [-0.25, -0.2) is 0 Å². The second-order valence-corrected chi connectivity index (χ2v) is 4.66. The van der Waals surface area contributed by atoms with Crippen LogP contribution in [0.5, 0.6) is 11.5 Å². The summed E-state index contributed by atoms with van der Waals surface area (Å²) in [6.45, 7) is 0.723. The Bertz CT molecular complexity index is 647. The number of hydrogen-bond donors (Lipinski definition) is 3. The van der Waals surface area contributed by atoms with Crippen LogP contribution in [0.15, 0.2) is 42.5 Å². The highest BCUT2D eigenvalue weighted by atomic mass is 35.5. The van der Waals surface area contributed by atoms with Gasteiger partial charge in [0.25, 0.3) is 5.91 Å². The molecule has 0 fully saturated rings. The molecule has 2 aromatic carbocycles. The number of rotatable bonds is 5. The Labute approximate surface area is 127 Å². The van der Waals surface area contributed by atoms with Gasteiger partial charge in [-0.15, -0.1) is 0 Å². The molecule has 0 atom stereocenters. The predicted octanol–water partition coefficient (Wildman–Crippen LogP) is 2.64. The molecule has 0 aliphatic heterocycles. The lowest BCUT2D eigenvalue weighted by Crippen LogP contribution is -2.15. The number of anilines is 1. The van der Waals surface area contributed by atoms with Gasteiger partial charge in [0.15, 0.2) is 0 Å². The first-order chi connectivity index (χ1) is 10.1. The number of carbonyl (C=O) groups is 1. The lowest BCUT2D eigenvalue weighted by atomic mass is 10.2. The average molecular weight is 307 g/mol. The number of benzene rings is 2. The molecule has 0 heterocycles. The number of aromatic hydroxyl groups is 1. The lowest BCUT2D eigenvalue weighted by molar-refractivity contribution is 0.102. The SMILES string of the molecule is NCCOc1ccccc1NC(=O)c1cc(O)ccc1Cl. The van der Waals surface area contributed by atoms with Crippen molar-refractivity contribution in [2.24, 2.45) is 5.73 Å². The maximum atomic E-state index is 12.2. The van der Waals surface area contributed by atoms with Gasteiger partial charge in [0, 0.05) is 6.54 Å². The standard InChI is InChI=1S/C15H15ClN2O3/c16-12-6-5-10(19)9-11(12)15(20)18-13-3-1-2-4-14(13)21-8-7-17/h1-6,9,19H,7-8,17H2,(H,18,20). The van der Waals surface area contributed by atoms with Gasteiger partial charge in [0.2, 0.25) is 0 Å². The fraction of sp³-hybridized carbons (Fsp3) is 0.133. The van der Waals surface area contributed by atoms with Gasteiger partial charge in [-0.2, -0.15) is 0 Å². The highest BCUT2D eigenvalue weighted by Crippen LogP contribution is 2.26. The van der Waals surface area contributed by atoms with E-state index in [1.165, 1.54) is 18.2 Å². The Kier molecular flexibility index (Phi) is 5.03. The smallest absolute Gasteiger partial charge is 0.257 e. The molecule has 2 rings (SSSR count). The highest BCUT2D eigenvalue weighted by Gasteiger charge is 2.13. The van der Waals surface area contributed by atoms with E-state index in [0.717, 1.165) is 0 Å². The van der Waals surface area contributed by atoms with Crippen LogP contribution < -0.4 is 15.8 Å². The minimum atomic E-state index is -0.431. The number of ether oxygens (including phenoxy) is 1. The molecule has 4 N–H and O–H groups in total. The molecule has 6 heteroatoms. The van der Waals surface area contributed by atoms with Crippen LogP contribution in [0.3, 0.4) is 0 Å². The van der Waals surface area contributed by atoms with Crippen molar-refractivity contribution < 1.29 is 14.6 Å². The van der Waals surface area contributed by atoms with E-state index >= 15 is 0 Å². The van der Waals surface area contributed by atoms with Crippen LogP contribution in [0, 0.1) is 0 Å². The van der Waals surface area contributed by atoms with Gasteiger partial charge in [-0.3, -0.25) is 4.79 Å². The zero-order valence-corrected chi connectivity index (χ0v) is 11.9. The van der Waals surface area contributed by atoms with Crippen LogP contribution >= 0.6 is 11.6 Å². The minimum absolute atomic E-state index is 0.0304. The first kappa shape index (κ1) is 15.2. The predicted molar refractivity (Wildman–Crippen MR) is 82.1 cm³/mol. The normalized spacial score (nSPS) is 10.2. The minimum Gasteiger partial charge on any atom is -0.508 e. The lowest BCUT2D eigenvalue weighted by Gasteiger charge is -2.12. The van der Waals surface area contributed by atoms with Crippen molar-refractivity contribution in [1.82, 2.24) is 0 Å². The Morgan fingerprint density at radius 1 is 1.29 bits per heavy atom. The van der Waals surface area contributed by atoms with Crippen molar-refractivity contribution in [3.63, 3.8) is 0 Å². The number of para-hydroxylation sites is 2. The van der Waals surface area contributed by atoms with E-state index in [1.54, 1.807) is 24.3 Å².